The first-order chi connectivity index (χ1) is 11.2. The van der Waals surface area contributed by atoms with Gasteiger partial charge in [-0.2, -0.15) is 0 Å². The second-order valence-corrected chi connectivity index (χ2v) is 6.54. The number of halogens is 1. The van der Waals surface area contributed by atoms with Crippen LogP contribution in [0.5, 0.6) is 0 Å². The van der Waals surface area contributed by atoms with E-state index in [1.54, 1.807) is 23.5 Å². The fraction of sp³-hybridized carbons (Fsp3) is 0.176. The molecule has 23 heavy (non-hydrogen) atoms. The maximum absolute atomic E-state index is 12.9. The van der Waals surface area contributed by atoms with Gasteiger partial charge >= 0.3 is 0 Å². The van der Waals surface area contributed by atoms with Crippen molar-refractivity contribution in [2.75, 3.05) is 5.32 Å². The summed E-state index contributed by atoms with van der Waals surface area (Å²) in [6, 6.07) is 11.5. The third-order valence-electron chi connectivity index (χ3n) is 4.05. The zero-order valence-electron chi connectivity index (χ0n) is 12.1. The van der Waals surface area contributed by atoms with Crippen molar-refractivity contribution in [3.8, 4) is 10.6 Å². The highest BCUT2D eigenvalue weighted by Crippen LogP contribution is 2.49. The van der Waals surface area contributed by atoms with E-state index in [9.17, 15) is 9.18 Å². The lowest BCUT2D eigenvalue weighted by Crippen LogP contribution is -2.28. The fourth-order valence-corrected chi connectivity index (χ4v) is 3.22. The molecule has 2 heterocycles. The van der Waals surface area contributed by atoms with E-state index in [1.807, 2.05) is 23.6 Å². The van der Waals surface area contributed by atoms with Crippen molar-refractivity contribution < 1.29 is 13.7 Å². The first-order valence-corrected chi connectivity index (χ1v) is 8.13. The minimum Gasteiger partial charge on any atom is -0.355 e. The summed E-state index contributed by atoms with van der Waals surface area (Å²) in [7, 11) is 0. The molecule has 0 atom stereocenters. The van der Waals surface area contributed by atoms with Crippen molar-refractivity contribution in [3.05, 3.63) is 59.4 Å². The van der Waals surface area contributed by atoms with Crippen LogP contribution in [0.2, 0.25) is 0 Å². The van der Waals surface area contributed by atoms with Gasteiger partial charge in [0.25, 0.3) is 0 Å². The number of rotatable bonds is 4. The first kappa shape index (κ1) is 14.1. The van der Waals surface area contributed by atoms with Crippen LogP contribution in [0.15, 0.2) is 52.4 Å². The quantitative estimate of drug-likeness (QED) is 0.780. The number of hydrogen-bond donors (Lipinski definition) is 1. The van der Waals surface area contributed by atoms with Crippen LogP contribution < -0.4 is 5.32 Å². The molecule has 1 N–H and O–H groups in total. The smallest absolute Gasteiger partial charge is 0.236 e. The van der Waals surface area contributed by atoms with Crippen molar-refractivity contribution in [2.24, 2.45) is 0 Å². The standard InChI is InChI=1S/C17H13FN2O2S/c18-11-3-5-12(6-4-11)19-16(21)17(7-8-17)15-10-13(22-20-15)14-2-1-9-23-14/h1-6,9-10H,7-8H2,(H,19,21). The van der Waals surface area contributed by atoms with Crippen LogP contribution in [0.1, 0.15) is 18.5 Å². The molecule has 1 amide bonds. The Kier molecular flexibility index (Phi) is 3.27. The zero-order valence-corrected chi connectivity index (χ0v) is 12.9. The molecule has 3 aromatic rings. The van der Waals surface area contributed by atoms with Crippen molar-refractivity contribution in [1.82, 2.24) is 5.16 Å². The Morgan fingerprint density at radius 3 is 2.70 bits per heavy atom. The second-order valence-electron chi connectivity index (χ2n) is 5.60. The average Bonchev–Trinajstić information content (AvgIpc) is 2.99. The lowest BCUT2D eigenvalue weighted by atomic mass is 10.0. The maximum atomic E-state index is 12.9. The Morgan fingerprint density at radius 2 is 2.04 bits per heavy atom. The number of nitrogens with one attached hydrogen (secondary N) is 1. The number of thiophene rings is 1. The summed E-state index contributed by atoms with van der Waals surface area (Å²) in [6.07, 6.45) is 1.47. The molecule has 6 heteroatoms. The molecule has 1 fully saturated rings. The summed E-state index contributed by atoms with van der Waals surface area (Å²) in [5, 5.41) is 8.89. The topological polar surface area (TPSA) is 55.1 Å². The van der Waals surface area contributed by atoms with Gasteiger partial charge in [-0.05, 0) is 48.6 Å². The monoisotopic (exact) mass is 328 g/mol. The van der Waals surface area contributed by atoms with E-state index in [4.69, 9.17) is 4.52 Å². The highest BCUT2D eigenvalue weighted by atomic mass is 32.1. The average molecular weight is 328 g/mol. The summed E-state index contributed by atoms with van der Waals surface area (Å²) in [5.74, 6) is 0.215. The van der Waals surface area contributed by atoms with Crippen molar-refractivity contribution in [3.63, 3.8) is 0 Å². The summed E-state index contributed by atoms with van der Waals surface area (Å²) in [4.78, 5) is 13.6. The maximum Gasteiger partial charge on any atom is 0.236 e. The van der Waals surface area contributed by atoms with Crippen molar-refractivity contribution in [2.45, 2.75) is 18.3 Å². The van der Waals surface area contributed by atoms with E-state index >= 15 is 0 Å². The molecule has 0 saturated heterocycles. The number of aromatic nitrogens is 1. The van der Waals surface area contributed by atoms with Crippen molar-refractivity contribution in [1.29, 1.82) is 0 Å². The molecule has 1 aliphatic rings. The van der Waals surface area contributed by atoms with Crippen molar-refractivity contribution >= 4 is 22.9 Å². The molecule has 0 radical (unpaired) electrons. The Bertz CT molecular complexity index is 836. The van der Waals surface area contributed by atoms with Crippen LogP contribution >= 0.6 is 11.3 Å². The lowest BCUT2D eigenvalue weighted by Gasteiger charge is -2.12. The highest BCUT2D eigenvalue weighted by molar-refractivity contribution is 7.13. The third-order valence-corrected chi connectivity index (χ3v) is 4.94. The van der Waals surface area contributed by atoms with Crippen LogP contribution in [-0.4, -0.2) is 11.1 Å². The van der Waals surface area contributed by atoms with Gasteiger partial charge in [0.15, 0.2) is 5.76 Å². The van der Waals surface area contributed by atoms with Crippen LogP contribution in [-0.2, 0) is 10.2 Å². The van der Waals surface area contributed by atoms with Crippen LogP contribution in [0.4, 0.5) is 10.1 Å². The van der Waals surface area contributed by atoms with Gasteiger partial charge in [0, 0.05) is 11.8 Å². The first-order valence-electron chi connectivity index (χ1n) is 7.25. The normalized spacial score (nSPS) is 15.3. The summed E-state index contributed by atoms with van der Waals surface area (Å²) < 4.78 is 18.3. The fourth-order valence-electron chi connectivity index (χ4n) is 2.54. The molecular formula is C17H13FN2O2S. The molecule has 4 nitrogen and oxygen atoms in total. The third kappa shape index (κ3) is 2.55. The van der Waals surface area contributed by atoms with E-state index in [-0.39, 0.29) is 11.7 Å². The number of anilines is 1. The highest BCUT2D eigenvalue weighted by Gasteiger charge is 2.53. The number of amides is 1. The summed E-state index contributed by atoms with van der Waals surface area (Å²) >= 11 is 1.56. The molecule has 4 rings (SSSR count). The van der Waals surface area contributed by atoms with E-state index in [0.29, 0.717) is 17.1 Å². The second kappa shape index (κ2) is 5.31. The predicted molar refractivity (Wildman–Crippen MR) is 85.8 cm³/mol. The number of nitrogens with zero attached hydrogens (tertiary/aromatic N) is 1. The predicted octanol–water partition coefficient (Wildman–Crippen LogP) is 4.21. The summed E-state index contributed by atoms with van der Waals surface area (Å²) in [5.41, 5.74) is 0.595. The molecule has 1 saturated carbocycles. The van der Waals surface area contributed by atoms with Gasteiger partial charge in [0.1, 0.15) is 5.82 Å². The van der Waals surface area contributed by atoms with Crippen LogP contribution in [0, 0.1) is 5.82 Å². The molecule has 0 aliphatic heterocycles. The van der Waals surface area contributed by atoms with Gasteiger partial charge in [-0.1, -0.05) is 11.2 Å². The summed E-state index contributed by atoms with van der Waals surface area (Å²) in [6.45, 7) is 0. The molecule has 2 aromatic heterocycles. The van der Waals surface area contributed by atoms with E-state index < -0.39 is 5.41 Å². The minimum absolute atomic E-state index is 0.130. The Morgan fingerprint density at radius 1 is 1.26 bits per heavy atom. The van der Waals surface area contributed by atoms with E-state index in [1.165, 1.54) is 12.1 Å². The van der Waals surface area contributed by atoms with Gasteiger partial charge in [0.05, 0.1) is 16.0 Å². The van der Waals surface area contributed by atoms with Gasteiger partial charge in [-0.25, -0.2) is 4.39 Å². The largest absolute Gasteiger partial charge is 0.355 e. The SMILES string of the molecule is O=C(Nc1ccc(F)cc1)C1(c2cc(-c3cccs3)on2)CC1. The minimum atomic E-state index is -0.632. The Balaban J connectivity index is 1.56. The lowest BCUT2D eigenvalue weighted by molar-refractivity contribution is -0.118. The number of benzene rings is 1. The van der Waals surface area contributed by atoms with Gasteiger partial charge in [0.2, 0.25) is 5.91 Å². The van der Waals surface area contributed by atoms with Crippen LogP contribution in [0.25, 0.3) is 10.6 Å². The Labute approximate surface area is 135 Å². The molecule has 0 unspecified atom stereocenters. The molecule has 116 valence electrons. The molecule has 0 bridgehead atoms. The van der Waals surface area contributed by atoms with E-state index in [2.05, 4.69) is 10.5 Å². The number of hydrogen-bond acceptors (Lipinski definition) is 4. The number of carbonyl (C=O) groups is 1. The molecule has 1 aliphatic carbocycles. The molecular weight excluding hydrogens is 315 g/mol. The van der Waals surface area contributed by atoms with E-state index in [0.717, 1.165) is 17.7 Å². The van der Waals surface area contributed by atoms with Gasteiger partial charge < -0.3 is 9.84 Å². The Hall–Kier alpha value is -2.47. The van der Waals surface area contributed by atoms with Crippen LogP contribution in [0.3, 0.4) is 0 Å². The molecule has 1 aromatic carbocycles. The molecule has 0 spiro atoms. The van der Waals surface area contributed by atoms with Gasteiger partial charge in [-0.3, -0.25) is 4.79 Å². The zero-order chi connectivity index (χ0) is 15.9. The van der Waals surface area contributed by atoms with Gasteiger partial charge in [-0.15, -0.1) is 11.3 Å². The number of carbonyl (C=O) groups excluding carboxylic acids is 1.